The average Bonchev–Trinajstić information content (AvgIpc) is 2.76. The Balaban J connectivity index is 2.23. The van der Waals surface area contributed by atoms with Crippen molar-refractivity contribution in [3.8, 4) is 0 Å². The predicted octanol–water partition coefficient (Wildman–Crippen LogP) is 2.40. The Kier molecular flexibility index (Phi) is 8.59. The third kappa shape index (κ3) is 6.94. The van der Waals surface area contributed by atoms with E-state index in [1.165, 1.54) is 24.4 Å². The lowest BCUT2D eigenvalue weighted by Crippen LogP contribution is -2.54. The number of pyridine rings is 1. The van der Waals surface area contributed by atoms with E-state index in [-0.39, 0.29) is 24.4 Å². The molecule has 0 radical (unpaired) electrons. The van der Waals surface area contributed by atoms with Gasteiger partial charge in [-0.05, 0) is 29.2 Å². The van der Waals surface area contributed by atoms with Crippen molar-refractivity contribution in [1.82, 2.24) is 15.6 Å². The first kappa shape index (κ1) is 25.1. The molecule has 1 aromatic carbocycles. The summed E-state index contributed by atoms with van der Waals surface area (Å²) in [6.07, 6.45) is -2.83. The highest BCUT2D eigenvalue weighted by atomic mass is 19.4. The minimum absolute atomic E-state index is 0.0663. The van der Waals surface area contributed by atoms with Crippen LogP contribution in [0.5, 0.6) is 0 Å². The van der Waals surface area contributed by atoms with Gasteiger partial charge in [-0.2, -0.15) is 13.2 Å². The van der Waals surface area contributed by atoms with E-state index in [1.54, 1.807) is 19.1 Å². The van der Waals surface area contributed by atoms with Gasteiger partial charge in [0.15, 0.2) is 0 Å². The number of nitrogen functional groups attached to an aromatic ring is 1. The van der Waals surface area contributed by atoms with Gasteiger partial charge in [-0.25, -0.2) is 4.98 Å². The number of anilines is 1. The molecule has 3 atom stereocenters. The maximum absolute atomic E-state index is 13.4. The SMILES string of the molecule is CCC(C)[C@H](N)C(=O)N[C@H](Cc1ccccc1C(F)(F)F)C(=O)NCc1ccc(N)nc1. The van der Waals surface area contributed by atoms with Crippen molar-refractivity contribution >= 4 is 17.6 Å². The van der Waals surface area contributed by atoms with Crippen LogP contribution in [0.1, 0.15) is 37.0 Å². The normalized spacial score (nSPS) is 14.3. The Morgan fingerprint density at radius 3 is 2.41 bits per heavy atom. The lowest BCUT2D eigenvalue weighted by molar-refractivity contribution is -0.138. The van der Waals surface area contributed by atoms with Crippen LogP contribution in [0.25, 0.3) is 0 Å². The average molecular weight is 451 g/mol. The Hall–Kier alpha value is -3.14. The van der Waals surface area contributed by atoms with Gasteiger partial charge >= 0.3 is 6.18 Å². The molecule has 2 aromatic rings. The zero-order chi connectivity index (χ0) is 23.9. The van der Waals surface area contributed by atoms with Crippen LogP contribution in [0.15, 0.2) is 42.6 Å². The molecule has 2 amide bonds. The zero-order valence-electron chi connectivity index (χ0n) is 17.9. The van der Waals surface area contributed by atoms with E-state index in [0.717, 1.165) is 6.07 Å². The molecule has 10 heteroatoms. The fourth-order valence-corrected chi connectivity index (χ4v) is 3.04. The number of carbonyl (C=O) groups excluding carboxylic acids is 2. The summed E-state index contributed by atoms with van der Waals surface area (Å²) in [6.45, 7) is 3.71. The Labute approximate surface area is 184 Å². The summed E-state index contributed by atoms with van der Waals surface area (Å²) >= 11 is 0. The highest BCUT2D eigenvalue weighted by Gasteiger charge is 2.35. The molecule has 0 bridgehead atoms. The zero-order valence-corrected chi connectivity index (χ0v) is 17.9. The third-order valence-corrected chi connectivity index (χ3v) is 5.25. The molecule has 1 heterocycles. The lowest BCUT2D eigenvalue weighted by atomic mass is 9.96. The second-order valence-electron chi connectivity index (χ2n) is 7.64. The number of hydrogen-bond donors (Lipinski definition) is 4. The van der Waals surface area contributed by atoms with Gasteiger partial charge in [0.1, 0.15) is 11.9 Å². The molecule has 0 saturated carbocycles. The van der Waals surface area contributed by atoms with E-state index in [2.05, 4.69) is 15.6 Å². The number of alkyl halides is 3. The van der Waals surface area contributed by atoms with Crippen molar-refractivity contribution in [1.29, 1.82) is 0 Å². The number of nitrogens with one attached hydrogen (secondary N) is 2. The molecule has 0 fully saturated rings. The summed E-state index contributed by atoms with van der Waals surface area (Å²) in [4.78, 5) is 29.4. The highest BCUT2D eigenvalue weighted by molar-refractivity contribution is 5.90. The summed E-state index contributed by atoms with van der Waals surface area (Å²) in [5, 5.41) is 5.15. The van der Waals surface area contributed by atoms with Crippen molar-refractivity contribution in [3.05, 3.63) is 59.3 Å². The lowest BCUT2D eigenvalue weighted by Gasteiger charge is -2.24. The van der Waals surface area contributed by atoms with Gasteiger partial charge in [-0.1, -0.05) is 44.5 Å². The fourth-order valence-electron chi connectivity index (χ4n) is 3.04. The first-order valence-electron chi connectivity index (χ1n) is 10.2. The van der Waals surface area contributed by atoms with Crippen LogP contribution in [-0.4, -0.2) is 28.9 Å². The van der Waals surface area contributed by atoms with Crippen molar-refractivity contribution in [2.45, 2.75) is 51.5 Å². The molecule has 0 aliphatic heterocycles. The number of carbonyl (C=O) groups is 2. The highest BCUT2D eigenvalue weighted by Crippen LogP contribution is 2.32. The third-order valence-electron chi connectivity index (χ3n) is 5.25. The molecule has 0 spiro atoms. The number of aromatic nitrogens is 1. The number of amides is 2. The number of hydrogen-bond acceptors (Lipinski definition) is 5. The predicted molar refractivity (Wildman–Crippen MR) is 115 cm³/mol. The Morgan fingerprint density at radius 2 is 1.81 bits per heavy atom. The topological polar surface area (TPSA) is 123 Å². The smallest absolute Gasteiger partial charge is 0.384 e. The molecule has 0 aliphatic rings. The van der Waals surface area contributed by atoms with Crippen LogP contribution in [0.4, 0.5) is 19.0 Å². The first-order valence-corrected chi connectivity index (χ1v) is 10.2. The van der Waals surface area contributed by atoms with E-state index in [9.17, 15) is 22.8 Å². The van der Waals surface area contributed by atoms with Crippen molar-refractivity contribution in [2.75, 3.05) is 5.73 Å². The second-order valence-corrected chi connectivity index (χ2v) is 7.64. The van der Waals surface area contributed by atoms with Crippen molar-refractivity contribution < 1.29 is 22.8 Å². The van der Waals surface area contributed by atoms with Crippen molar-refractivity contribution in [2.24, 2.45) is 11.7 Å². The molecule has 2 rings (SSSR count). The van der Waals surface area contributed by atoms with Gasteiger partial charge in [0, 0.05) is 19.2 Å². The van der Waals surface area contributed by atoms with Gasteiger partial charge in [0.2, 0.25) is 11.8 Å². The van der Waals surface area contributed by atoms with Gasteiger partial charge in [-0.3, -0.25) is 9.59 Å². The minimum Gasteiger partial charge on any atom is -0.384 e. The number of rotatable bonds is 9. The molecule has 32 heavy (non-hydrogen) atoms. The van der Waals surface area contributed by atoms with Crippen LogP contribution in [-0.2, 0) is 28.7 Å². The maximum Gasteiger partial charge on any atom is 0.416 e. The van der Waals surface area contributed by atoms with E-state index in [1.807, 2.05) is 6.92 Å². The summed E-state index contributed by atoms with van der Waals surface area (Å²) in [5.74, 6) is -1.09. The van der Waals surface area contributed by atoms with Crippen LogP contribution in [0.3, 0.4) is 0 Å². The van der Waals surface area contributed by atoms with Gasteiger partial charge < -0.3 is 22.1 Å². The quantitative estimate of drug-likeness (QED) is 0.466. The number of nitrogens with two attached hydrogens (primary N) is 2. The maximum atomic E-state index is 13.4. The van der Waals surface area contributed by atoms with Crippen LogP contribution in [0, 0.1) is 5.92 Å². The molecule has 0 saturated heterocycles. The number of nitrogens with zero attached hydrogens (tertiary/aromatic N) is 1. The minimum atomic E-state index is -4.59. The first-order chi connectivity index (χ1) is 15.0. The summed E-state index contributed by atoms with van der Waals surface area (Å²) in [5.41, 5.74) is 11.2. The van der Waals surface area contributed by atoms with Crippen LogP contribution in [0.2, 0.25) is 0 Å². The summed E-state index contributed by atoms with van der Waals surface area (Å²) < 4.78 is 40.3. The largest absolute Gasteiger partial charge is 0.416 e. The number of halogens is 3. The molecular weight excluding hydrogens is 423 g/mol. The van der Waals surface area contributed by atoms with E-state index in [4.69, 9.17) is 11.5 Å². The van der Waals surface area contributed by atoms with Gasteiger partial charge in [-0.15, -0.1) is 0 Å². The van der Waals surface area contributed by atoms with E-state index >= 15 is 0 Å². The molecular formula is C22H28F3N5O2. The van der Waals surface area contributed by atoms with Gasteiger partial charge in [0.05, 0.1) is 11.6 Å². The molecule has 174 valence electrons. The summed E-state index contributed by atoms with van der Waals surface area (Å²) in [7, 11) is 0. The second kappa shape index (κ2) is 10.9. The Morgan fingerprint density at radius 1 is 1.12 bits per heavy atom. The molecule has 0 aliphatic carbocycles. The summed E-state index contributed by atoms with van der Waals surface area (Å²) in [6, 6.07) is 6.03. The van der Waals surface area contributed by atoms with Crippen molar-refractivity contribution in [3.63, 3.8) is 0 Å². The molecule has 7 nitrogen and oxygen atoms in total. The monoisotopic (exact) mass is 451 g/mol. The molecule has 6 N–H and O–H groups in total. The van der Waals surface area contributed by atoms with Gasteiger partial charge in [0.25, 0.3) is 0 Å². The standard InChI is InChI=1S/C22H28F3N5O2/c1-3-13(2)19(27)21(32)30-17(10-15-6-4-5-7-16(15)22(23,24)25)20(31)29-12-14-8-9-18(26)28-11-14/h4-9,11,13,17,19H,3,10,12,27H2,1-2H3,(H2,26,28)(H,29,31)(H,30,32)/t13?,17-,19+/m1/s1. The fraction of sp³-hybridized carbons (Fsp3) is 0.409. The Bertz CT molecular complexity index is 919. The van der Waals surface area contributed by atoms with Crippen LogP contribution >= 0.6 is 0 Å². The molecule has 1 unspecified atom stereocenters. The van der Waals surface area contributed by atoms with Crippen LogP contribution < -0.4 is 22.1 Å². The van der Waals surface area contributed by atoms with E-state index in [0.29, 0.717) is 17.8 Å². The van der Waals surface area contributed by atoms with E-state index < -0.39 is 35.6 Å². The molecule has 1 aromatic heterocycles. The number of benzene rings is 1.